The number of aryl methyl sites for hydroxylation is 1. The highest BCUT2D eigenvalue weighted by Gasteiger charge is 2.18. The van der Waals surface area contributed by atoms with E-state index in [1.54, 1.807) is 31.4 Å². The molecule has 140 valence electrons. The SMILES string of the molecule is CCOC(=O)c1sc(NC(=O)Cc2csc(-c3ccc(F)cc3)n2)nc1C. The lowest BCUT2D eigenvalue weighted by atomic mass is 10.2. The Hall–Kier alpha value is -2.65. The molecule has 0 atom stereocenters. The van der Waals surface area contributed by atoms with E-state index in [4.69, 9.17) is 4.74 Å². The van der Waals surface area contributed by atoms with E-state index in [2.05, 4.69) is 15.3 Å². The summed E-state index contributed by atoms with van der Waals surface area (Å²) in [6.07, 6.45) is 0.0745. The number of amides is 1. The van der Waals surface area contributed by atoms with Crippen molar-refractivity contribution in [1.29, 1.82) is 0 Å². The van der Waals surface area contributed by atoms with Crippen LogP contribution < -0.4 is 5.32 Å². The van der Waals surface area contributed by atoms with Crippen molar-refractivity contribution in [2.24, 2.45) is 0 Å². The average Bonchev–Trinajstić information content (AvgIpc) is 3.22. The van der Waals surface area contributed by atoms with Crippen LogP contribution in [-0.2, 0) is 16.0 Å². The molecule has 0 radical (unpaired) electrons. The molecule has 27 heavy (non-hydrogen) atoms. The third-order valence-corrected chi connectivity index (χ3v) is 5.48. The summed E-state index contributed by atoms with van der Waals surface area (Å²) in [5, 5.41) is 5.53. The molecule has 0 aliphatic heterocycles. The molecule has 6 nitrogen and oxygen atoms in total. The van der Waals surface area contributed by atoms with Gasteiger partial charge in [-0.1, -0.05) is 11.3 Å². The fraction of sp³-hybridized carbons (Fsp3) is 0.222. The Balaban J connectivity index is 1.64. The first-order chi connectivity index (χ1) is 13.0. The van der Waals surface area contributed by atoms with Crippen molar-refractivity contribution in [2.45, 2.75) is 20.3 Å². The zero-order valence-corrected chi connectivity index (χ0v) is 16.2. The van der Waals surface area contributed by atoms with Crippen LogP contribution >= 0.6 is 22.7 Å². The topological polar surface area (TPSA) is 81.2 Å². The molecule has 2 aromatic heterocycles. The van der Waals surface area contributed by atoms with Gasteiger partial charge in [-0.05, 0) is 38.1 Å². The number of halogens is 1. The van der Waals surface area contributed by atoms with Crippen LogP contribution in [0.1, 0.15) is 28.0 Å². The van der Waals surface area contributed by atoms with E-state index in [-0.39, 0.29) is 24.8 Å². The van der Waals surface area contributed by atoms with Gasteiger partial charge in [0.2, 0.25) is 5.91 Å². The first kappa shape index (κ1) is 19.1. The molecule has 3 rings (SSSR count). The van der Waals surface area contributed by atoms with Gasteiger partial charge >= 0.3 is 5.97 Å². The van der Waals surface area contributed by atoms with Crippen LogP contribution in [0.4, 0.5) is 9.52 Å². The average molecular weight is 405 g/mol. The summed E-state index contributed by atoms with van der Waals surface area (Å²) in [7, 11) is 0. The van der Waals surface area contributed by atoms with E-state index in [1.165, 1.54) is 23.5 Å². The molecule has 0 fully saturated rings. The number of hydrogen-bond acceptors (Lipinski definition) is 7. The Morgan fingerprint density at radius 1 is 1.22 bits per heavy atom. The van der Waals surface area contributed by atoms with Gasteiger partial charge < -0.3 is 10.1 Å². The number of anilines is 1. The summed E-state index contributed by atoms with van der Waals surface area (Å²) >= 11 is 2.46. The van der Waals surface area contributed by atoms with Gasteiger partial charge in [0.05, 0.1) is 24.4 Å². The van der Waals surface area contributed by atoms with Gasteiger partial charge in [-0.3, -0.25) is 4.79 Å². The van der Waals surface area contributed by atoms with Gasteiger partial charge in [0.15, 0.2) is 5.13 Å². The Bertz CT molecular complexity index is 967. The summed E-state index contributed by atoms with van der Waals surface area (Å²) < 4.78 is 18.0. The molecule has 0 bridgehead atoms. The third kappa shape index (κ3) is 4.75. The quantitative estimate of drug-likeness (QED) is 0.625. The highest BCUT2D eigenvalue weighted by Crippen LogP contribution is 2.25. The fourth-order valence-electron chi connectivity index (χ4n) is 2.28. The van der Waals surface area contributed by atoms with Crippen LogP contribution in [0.2, 0.25) is 0 Å². The number of hydrogen-bond donors (Lipinski definition) is 1. The number of aromatic nitrogens is 2. The van der Waals surface area contributed by atoms with E-state index < -0.39 is 5.97 Å². The van der Waals surface area contributed by atoms with Crippen molar-refractivity contribution in [2.75, 3.05) is 11.9 Å². The van der Waals surface area contributed by atoms with Crippen LogP contribution in [-0.4, -0.2) is 28.5 Å². The van der Waals surface area contributed by atoms with Crippen LogP contribution in [0.15, 0.2) is 29.6 Å². The number of esters is 1. The number of thiazole rings is 2. The monoisotopic (exact) mass is 405 g/mol. The predicted molar refractivity (Wildman–Crippen MR) is 103 cm³/mol. The normalized spacial score (nSPS) is 10.6. The molecule has 0 saturated carbocycles. The van der Waals surface area contributed by atoms with Crippen molar-refractivity contribution in [1.82, 2.24) is 9.97 Å². The number of carbonyl (C=O) groups excluding carboxylic acids is 2. The van der Waals surface area contributed by atoms with Crippen LogP contribution in [0.5, 0.6) is 0 Å². The van der Waals surface area contributed by atoms with Crippen molar-refractivity contribution < 1.29 is 18.7 Å². The Morgan fingerprint density at radius 3 is 2.67 bits per heavy atom. The molecule has 1 N–H and O–H groups in total. The molecule has 9 heteroatoms. The number of nitrogens with one attached hydrogen (secondary N) is 1. The first-order valence-corrected chi connectivity index (χ1v) is 9.80. The molecule has 0 spiro atoms. The highest BCUT2D eigenvalue weighted by molar-refractivity contribution is 7.17. The zero-order chi connectivity index (χ0) is 19.4. The van der Waals surface area contributed by atoms with Crippen molar-refractivity contribution in [3.05, 3.63) is 51.7 Å². The second-order valence-corrected chi connectivity index (χ2v) is 7.39. The maximum Gasteiger partial charge on any atom is 0.350 e. The van der Waals surface area contributed by atoms with Crippen molar-refractivity contribution in [3.8, 4) is 10.6 Å². The molecule has 1 aromatic carbocycles. The van der Waals surface area contributed by atoms with Crippen LogP contribution in [0, 0.1) is 12.7 Å². The summed E-state index contributed by atoms with van der Waals surface area (Å²) in [6.45, 7) is 3.69. The standard InChI is InChI=1S/C18H16FN3O3S2/c1-3-25-17(24)15-10(2)20-18(27-15)22-14(23)8-13-9-26-16(21-13)11-4-6-12(19)7-5-11/h4-7,9H,3,8H2,1-2H3,(H,20,22,23). The van der Waals surface area contributed by atoms with Crippen LogP contribution in [0.25, 0.3) is 10.6 Å². The Kier molecular flexibility index (Phi) is 5.92. The second kappa shape index (κ2) is 8.36. The van der Waals surface area contributed by atoms with Crippen LogP contribution in [0.3, 0.4) is 0 Å². The molecule has 0 saturated heterocycles. The van der Waals surface area contributed by atoms with E-state index in [0.717, 1.165) is 16.9 Å². The van der Waals surface area contributed by atoms with Crippen molar-refractivity contribution >= 4 is 39.7 Å². The van der Waals surface area contributed by atoms with Gasteiger partial charge in [-0.25, -0.2) is 19.2 Å². The number of rotatable bonds is 6. The fourth-order valence-corrected chi connectivity index (χ4v) is 3.98. The van der Waals surface area contributed by atoms with E-state index >= 15 is 0 Å². The lowest BCUT2D eigenvalue weighted by molar-refractivity contribution is -0.115. The lowest BCUT2D eigenvalue weighted by Gasteiger charge is -1.99. The molecule has 0 aliphatic carbocycles. The molecular formula is C18H16FN3O3S2. The molecule has 2 heterocycles. The number of benzene rings is 1. The summed E-state index contributed by atoms with van der Waals surface area (Å²) in [6, 6.07) is 6.03. The minimum atomic E-state index is -0.448. The summed E-state index contributed by atoms with van der Waals surface area (Å²) in [5.74, 6) is -1.04. The summed E-state index contributed by atoms with van der Waals surface area (Å²) in [5.41, 5.74) is 1.92. The third-order valence-electron chi connectivity index (χ3n) is 3.49. The number of nitrogens with zero attached hydrogens (tertiary/aromatic N) is 2. The minimum Gasteiger partial charge on any atom is -0.462 e. The molecular weight excluding hydrogens is 389 g/mol. The first-order valence-electron chi connectivity index (χ1n) is 8.11. The second-order valence-electron chi connectivity index (χ2n) is 5.53. The van der Waals surface area contributed by atoms with Crippen molar-refractivity contribution in [3.63, 3.8) is 0 Å². The lowest BCUT2D eigenvalue weighted by Crippen LogP contribution is -2.14. The minimum absolute atomic E-state index is 0.0745. The van der Waals surface area contributed by atoms with Gasteiger partial charge in [0.25, 0.3) is 0 Å². The van der Waals surface area contributed by atoms with Gasteiger partial charge in [0, 0.05) is 10.9 Å². The Morgan fingerprint density at radius 2 is 1.96 bits per heavy atom. The zero-order valence-electron chi connectivity index (χ0n) is 14.6. The Labute approximate surface area is 163 Å². The highest BCUT2D eigenvalue weighted by atomic mass is 32.1. The largest absolute Gasteiger partial charge is 0.462 e. The molecule has 1 amide bonds. The maximum absolute atomic E-state index is 13.0. The van der Waals surface area contributed by atoms with E-state index in [9.17, 15) is 14.0 Å². The predicted octanol–water partition coefficient (Wildman–Crippen LogP) is 4.07. The smallest absolute Gasteiger partial charge is 0.350 e. The van der Waals surface area contributed by atoms with Gasteiger partial charge in [-0.15, -0.1) is 11.3 Å². The molecule has 0 aliphatic rings. The number of ether oxygens (including phenoxy) is 1. The van der Waals surface area contributed by atoms with E-state index in [0.29, 0.717) is 26.4 Å². The molecule has 3 aromatic rings. The van der Waals surface area contributed by atoms with Gasteiger partial charge in [0.1, 0.15) is 15.7 Å². The maximum atomic E-state index is 13.0. The van der Waals surface area contributed by atoms with E-state index in [1.807, 2.05) is 0 Å². The van der Waals surface area contributed by atoms with Gasteiger partial charge in [-0.2, -0.15) is 0 Å². The summed E-state index contributed by atoms with van der Waals surface area (Å²) in [4.78, 5) is 33.0. The molecule has 0 unspecified atom stereocenters. The number of carbonyl (C=O) groups is 2.